The molecule has 0 bridgehead atoms. The summed E-state index contributed by atoms with van der Waals surface area (Å²) in [6.07, 6.45) is 3.65. The third-order valence-electron chi connectivity index (χ3n) is 2.25. The van der Waals surface area contributed by atoms with Gasteiger partial charge in [0.2, 0.25) is 0 Å². The van der Waals surface area contributed by atoms with Crippen LogP contribution in [0.5, 0.6) is 0 Å². The second-order valence-electron chi connectivity index (χ2n) is 3.09. The van der Waals surface area contributed by atoms with E-state index in [0.29, 0.717) is 5.69 Å². The quantitative estimate of drug-likeness (QED) is 0.844. The molecule has 0 saturated carbocycles. The number of amides is 1. The molecule has 2 N–H and O–H groups in total. The molecule has 0 unspecified atom stereocenters. The van der Waals surface area contributed by atoms with Gasteiger partial charge in [-0.05, 0) is 19.1 Å². The third-order valence-corrected chi connectivity index (χ3v) is 2.25. The number of nitrogens with two attached hydrogens (primary N) is 1. The van der Waals surface area contributed by atoms with Crippen LogP contribution in [-0.4, -0.2) is 15.5 Å². The van der Waals surface area contributed by atoms with Gasteiger partial charge in [-0.15, -0.1) is 12.4 Å². The Hall–Kier alpha value is -1.55. The van der Waals surface area contributed by atoms with E-state index in [0.717, 1.165) is 17.4 Å². The third kappa shape index (κ3) is 1.94. The summed E-state index contributed by atoms with van der Waals surface area (Å²) in [6, 6.07) is 3.66. The molecule has 5 heteroatoms. The fourth-order valence-corrected chi connectivity index (χ4v) is 1.50. The molecule has 0 atom stereocenters. The molecule has 2 aromatic rings. The smallest absolute Gasteiger partial charge is 0.267 e. The lowest BCUT2D eigenvalue weighted by Gasteiger charge is -2.00. The second-order valence-corrected chi connectivity index (χ2v) is 3.09. The summed E-state index contributed by atoms with van der Waals surface area (Å²) in [4.78, 5) is 14.9. The molecule has 0 radical (unpaired) electrons. The van der Waals surface area contributed by atoms with Crippen LogP contribution in [0.1, 0.15) is 17.4 Å². The van der Waals surface area contributed by atoms with Crippen LogP contribution in [0, 0.1) is 0 Å². The van der Waals surface area contributed by atoms with E-state index in [1.54, 1.807) is 12.3 Å². The summed E-state index contributed by atoms with van der Waals surface area (Å²) >= 11 is 0. The van der Waals surface area contributed by atoms with Crippen LogP contribution in [0.4, 0.5) is 0 Å². The van der Waals surface area contributed by atoms with E-state index in [2.05, 4.69) is 16.5 Å². The van der Waals surface area contributed by atoms with E-state index in [1.807, 2.05) is 12.3 Å². The number of nitrogens with zero attached hydrogens (tertiary/aromatic N) is 2. The molecular weight excluding hydrogens is 214 g/mol. The monoisotopic (exact) mass is 225 g/mol. The van der Waals surface area contributed by atoms with Crippen molar-refractivity contribution in [1.82, 2.24) is 9.55 Å². The zero-order valence-electron chi connectivity index (χ0n) is 8.30. The number of carbonyl (C=O) groups is 1. The Morgan fingerprint density at radius 3 is 2.93 bits per heavy atom. The van der Waals surface area contributed by atoms with Crippen molar-refractivity contribution in [3.8, 4) is 0 Å². The average molecular weight is 226 g/mol. The second kappa shape index (κ2) is 4.31. The van der Waals surface area contributed by atoms with Gasteiger partial charge >= 0.3 is 0 Å². The Morgan fingerprint density at radius 1 is 1.60 bits per heavy atom. The zero-order chi connectivity index (χ0) is 10.1. The molecule has 0 fully saturated rings. The molecule has 0 aliphatic rings. The number of pyridine rings is 1. The van der Waals surface area contributed by atoms with Crippen LogP contribution in [0.3, 0.4) is 0 Å². The Balaban J connectivity index is 0.00000112. The van der Waals surface area contributed by atoms with E-state index in [1.165, 1.54) is 0 Å². The number of hydrogen-bond acceptors (Lipinski definition) is 2. The highest BCUT2D eigenvalue weighted by Crippen LogP contribution is 2.15. The van der Waals surface area contributed by atoms with E-state index in [9.17, 15) is 4.79 Å². The minimum absolute atomic E-state index is 0. The molecule has 0 aliphatic heterocycles. The number of hydrogen-bond donors (Lipinski definition) is 1. The minimum atomic E-state index is -0.490. The van der Waals surface area contributed by atoms with E-state index >= 15 is 0 Å². The first-order valence-electron chi connectivity index (χ1n) is 4.47. The summed E-state index contributed by atoms with van der Waals surface area (Å²) < 4.78 is 2.06. The Labute approximate surface area is 93.5 Å². The number of carbonyl (C=O) groups excluding carboxylic acids is 1. The van der Waals surface area contributed by atoms with E-state index in [4.69, 9.17) is 5.73 Å². The van der Waals surface area contributed by atoms with Gasteiger partial charge < -0.3 is 10.3 Å². The lowest BCUT2D eigenvalue weighted by atomic mass is 10.2. The molecule has 2 rings (SSSR count). The van der Waals surface area contributed by atoms with Gasteiger partial charge in [0, 0.05) is 18.1 Å². The van der Waals surface area contributed by atoms with Crippen LogP contribution in [0.2, 0.25) is 0 Å². The van der Waals surface area contributed by atoms with Crippen LogP contribution in [0.25, 0.3) is 10.9 Å². The number of primary amides is 1. The largest absolute Gasteiger partial charge is 0.364 e. The van der Waals surface area contributed by atoms with Crippen LogP contribution < -0.4 is 5.73 Å². The maximum absolute atomic E-state index is 10.9. The first-order chi connectivity index (χ1) is 6.72. The fraction of sp³-hybridized carbons (Fsp3) is 0.200. The average Bonchev–Trinajstić information content (AvgIpc) is 2.59. The van der Waals surface area contributed by atoms with Gasteiger partial charge in [-0.3, -0.25) is 4.79 Å². The molecular formula is C10H12ClN3O. The van der Waals surface area contributed by atoms with Crippen molar-refractivity contribution in [2.45, 2.75) is 13.5 Å². The summed E-state index contributed by atoms with van der Waals surface area (Å²) in [7, 11) is 0. The molecule has 2 heterocycles. The molecule has 0 aliphatic carbocycles. The van der Waals surface area contributed by atoms with E-state index in [-0.39, 0.29) is 12.4 Å². The first kappa shape index (κ1) is 11.5. The van der Waals surface area contributed by atoms with Crippen molar-refractivity contribution in [2.24, 2.45) is 5.73 Å². The SMILES string of the molecule is CCn1ccc2cc(C(N)=O)ncc21.Cl. The number of fused-ring (bicyclic) bond motifs is 1. The fourth-order valence-electron chi connectivity index (χ4n) is 1.50. The van der Waals surface area contributed by atoms with Gasteiger partial charge in [0.15, 0.2) is 0 Å². The summed E-state index contributed by atoms with van der Waals surface area (Å²) in [6.45, 7) is 2.95. The van der Waals surface area contributed by atoms with Crippen LogP contribution in [0.15, 0.2) is 24.5 Å². The molecule has 2 aromatic heterocycles. The molecule has 80 valence electrons. The molecule has 15 heavy (non-hydrogen) atoms. The Kier molecular flexibility index (Phi) is 3.31. The minimum Gasteiger partial charge on any atom is -0.364 e. The predicted octanol–water partition coefficient (Wildman–Crippen LogP) is 1.58. The summed E-state index contributed by atoms with van der Waals surface area (Å²) in [5.74, 6) is -0.490. The van der Waals surface area contributed by atoms with Gasteiger partial charge in [-0.25, -0.2) is 4.98 Å². The lowest BCUT2D eigenvalue weighted by Crippen LogP contribution is -2.12. The molecule has 4 nitrogen and oxygen atoms in total. The highest BCUT2D eigenvalue weighted by molar-refractivity contribution is 5.94. The molecule has 1 amide bonds. The number of aryl methyl sites for hydroxylation is 1. The van der Waals surface area contributed by atoms with E-state index < -0.39 is 5.91 Å². The standard InChI is InChI=1S/C10H11N3O.ClH/c1-2-13-4-3-7-5-8(10(11)14)12-6-9(7)13;/h3-6H,2H2,1H3,(H2,11,14);1H. The van der Waals surface area contributed by atoms with Crippen LogP contribution >= 0.6 is 12.4 Å². The van der Waals surface area contributed by atoms with Crippen molar-refractivity contribution in [2.75, 3.05) is 0 Å². The molecule has 0 spiro atoms. The number of rotatable bonds is 2. The first-order valence-corrected chi connectivity index (χ1v) is 4.47. The molecule has 0 saturated heterocycles. The molecule has 0 aromatic carbocycles. The van der Waals surface area contributed by atoms with Crippen molar-refractivity contribution in [3.05, 3.63) is 30.2 Å². The van der Waals surface area contributed by atoms with Gasteiger partial charge in [0.1, 0.15) is 5.69 Å². The summed E-state index contributed by atoms with van der Waals surface area (Å²) in [5, 5.41) is 0.996. The van der Waals surface area contributed by atoms with Crippen LogP contribution in [-0.2, 0) is 6.54 Å². The predicted molar refractivity (Wildman–Crippen MR) is 61.2 cm³/mol. The normalized spacial score (nSPS) is 9.93. The van der Waals surface area contributed by atoms with Gasteiger partial charge in [0.05, 0.1) is 11.7 Å². The van der Waals surface area contributed by atoms with Crippen molar-refractivity contribution in [3.63, 3.8) is 0 Å². The van der Waals surface area contributed by atoms with Crippen molar-refractivity contribution < 1.29 is 4.79 Å². The van der Waals surface area contributed by atoms with Gasteiger partial charge in [-0.1, -0.05) is 0 Å². The van der Waals surface area contributed by atoms with Crippen molar-refractivity contribution in [1.29, 1.82) is 0 Å². The maximum atomic E-state index is 10.9. The summed E-state index contributed by atoms with van der Waals surface area (Å²) in [5.41, 5.74) is 6.47. The Morgan fingerprint density at radius 2 is 2.33 bits per heavy atom. The maximum Gasteiger partial charge on any atom is 0.267 e. The topological polar surface area (TPSA) is 60.9 Å². The number of halogens is 1. The highest BCUT2D eigenvalue weighted by Gasteiger charge is 2.05. The zero-order valence-corrected chi connectivity index (χ0v) is 9.12. The van der Waals surface area contributed by atoms with Crippen molar-refractivity contribution >= 4 is 29.2 Å². The van der Waals surface area contributed by atoms with Gasteiger partial charge in [0.25, 0.3) is 5.91 Å². The van der Waals surface area contributed by atoms with Gasteiger partial charge in [-0.2, -0.15) is 0 Å². The lowest BCUT2D eigenvalue weighted by molar-refractivity contribution is 0.0996. The number of aromatic nitrogens is 2. The Bertz CT molecular complexity index is 492. The highest BCUT2D eigenvalue weighted by atomic mass is 35.5.